The molecule has 2 rings (SSSR count). The van der Waals surface area contributed by atoms with Crippen LogP contribution in [0.2, 0.25) is 0 Å². The van der Waals surface area contributed by atoms with Crippen LogP contribution in [0.3, 0.4) is 0 Å². The molecule has 0 aliphatic heterocycles. The van der Waals surface area contributed by atoms with E-state index in [4.69, 9.17) is 5.73 Å². The highest BCUT2D eigenvalue weighted by molar-refractivity contribution is 7.88. The summed E-state index contributed by atoms with van der Waals surface area (Å²) in [5, 5.41) is 4.17. The molecule has 108 valence electrons. The van der Waals surface area contributed by atoms with E-state index in [0.717, 1.165) is 11.3 Å². The Balaban J connectivity index is 2.03. The van der Waals surface area contributed by atoms with Crippen molar-refractivity contribution in [3.8, 4) is 0 Å². The highest BCUT2D eigenvalue weighted by atomic mass is 32.2. The summed E-state index contributed by atoms with van der Waals surface area (Å²) >= 11 is 0. The first kappa shape index (κ1) is 14.5. The van der Waals surface area contributed by atoms with Gasteiger partial charge in [0.15, 0.2) is 0 Å². The Bertz CT molecular complexity index is 707. The average Bonchev–Trinajstić information content (AvgIpc) is 2.65. The predicted molar refractivity (Wildman–Crippen MR) is 78.3 cm³/mol. The largest absolute Gasteiger partial charge is 0.399 e. The van der Waals surface area contributed by atoms with Gasteiger partial charge in [0.1, 0.15) is 0 Å². The van der Waals surface area contributed by atoms with Crippen LogP contribution < -0.4 is 10.5 Å². The van der Waals surface area contributed by atoms with Crippen LogP contribution in [-0.2, 0) is 29.4 Å². The molecule has 0 saturated carbocycles. The number of nitrogen functional groups attached to an aromatic ring is 1. The minimum absolute atomic E-state index is 0.0860. The zero-order valence-corrected chi connectivity index (χ0v) is 12.3. The van der Waals surface area contributed by atoms with Crippen molar-refractivity contribution in [2.24, 2.45) is 7.05 Å². The number of anilines is 1. The lowest BCUT2D eigenvalue weighted by molar-refractivity contribution is 0.580. The molecule has 0 bridgehead atoms. The predicted octanol–water partition coefficient (Wildman–Crippen LogP) is 0.930. The Kier molecular flexibility index (Phi) is 4.10. The van der Waals surface area contributed by atoms with Crippen molar-refractivity contribution in [2.75, 3.05) is 5.73 Å². The fourth-order valence-electron chi connectivity index (χ4n) is 1.96. The Morgan fingerprint density at radius 2 is 2.15 bits per heavy atom. The van der Waals surface area contributed by atoms with Crippen molar-refractivity contribution in [3.63, 3.8) is 0 Å². The number of nitrogens with one attached hydrogen (secondary N) is 1. The first-order valence-corrected chi connectivity index (χ1v) is 7.82. The van der Waals surface area contributed by atoms with Crippen molar-refractivity contribution in [1.82, 2.24) is 14.5 Å². The molecule has 1 aromatic heterocycles. The maximum Gasteiger partial charge on any atom is 0.216 e. The van der Waals surface area contributed by atoms with E-state index in [0.29, 0.717) is 11.3 Å². The quantitative estimate of drug-likeness (QED) is 0.803. The van der Waals surface area contributed by atoms with Crippen molar-refractivity contribution in [3.05, 3.63) is 47.3 Å². The fraction of sp³-hybridized carbons (Fsp3) is 0.308. The monoisotopic (exact) mass is 294 g/mol. The first-order chi connectivity index (χ1) is 9.35. The van der Waals surface area contributed by atoms with E-state index in [9.17, 15) is 8.42 Å². The second-order valence-electron chi connectivity index (χ2n) is 4.74. The lowest BCUT2D eigenvalue weighted by Gasteiger charge is -2.06. The van der Waals surface area contributed by atoms with Gasteiger partial charge in [-0.2, -0.15) is 5.10 Å². The third kappa shape index (κ3) is 3.82. The Labute approximate surface area is 118 Å². The highest BCUT2D eigenvalue weighted by Crippen LogP contribution is 2.11. The molecule has 20 heavy (non-hydrogen) atoms. The fourth-order valence-corrected chi connectivity index (χ4v) is 3.06. The van der Waals surface area contributed by atoms with E-state index < -0.39 is 10.0 Å². The van der Waals surface area contributed by atoms with E-state index in [2.05, 4.69) is 9.82 Å². The van der Waals surface area contributed by atoms with Gasteiger partial charge in [-0.3, -0.25) is 4.68 Å². The van der Waals surface area contributed by atoms with Gasteiger partial charge < -0.3 is 5.73 Å². The molecule has 1 heterocycles. The van der Waals surface area contributed by atoms with Gasteiger partial charge in [-0.05, 0) is 24.6 Å². The zero-order valence-electron chi connectivity index (χ0n) is 11.5. The lowest BCUT2D eigenvalue weighted by Crippen LogP contribution is -2.24. The number of rotatable bonds is 5. The molecular formula is C13H18N4O2S. The third-order valence-corrected chi connectivity index (χ3v) is 4.20. The van der Waals surface area contributed by atoms with Gasteiger partial charge in [0, 0.05) is 31.0 Å². The molecule has 0 radical (unpaired) electrons. The SMILES string of the molecule is Cc1nn(C)cc1CNS(=O)(=O)Cc1cccc(N)c1. The van der Waals surface area contributed by atoms with Crippen molar-refractivity contribution in [2.45, 2.75) is 19.2 Å². The summed E-state index contributed by atoms with van der Waals surface area (Å²) in [6.07, 6.45) is 1.80. The maximum absolute atomic E-state index is 12.0. The third-order valence-electron chi connectivity index (χ3n) is 2.91. The van der Waals surface area contributed by atoms with Gasteiger partial charge in [-0.25, -0.2) is 13.1 Å². The molecule has 2 aromatic rings. The molecule has 0 unspecified atom stereocenters. The molecule has 1 aromatic carbocycles. The van der Waals surface area contributed by atoms with Gasteiger partial charge >= 0.3 is 0 Å². The summed E-state index contributed by atoms with van der Waals surface area (Å²) in [4.78, 5) is 0. The molecule has 0 spiro atoms. The minimum atomic E-state index is -3.40. The summed E-state index contributed by atoms with van der Waals surface area (Å²) in [5.41, 5.74) is 8.55. The Morgan fingerprint density at radius 3 is 2.75 bits per heavy atom. The Hall–Kier alpha value is -1.86. The van der Waals surface area contributed by atoms with Gasteiger partial charge in [-0.15, -0.1) is 0 Å². The van der Waals surface area contributed by atoms with Gasteiger partial charge in [0.25, 0.3) is 0 Å². The van der Waals surface area contributed by atoms with Crippen LogP contribution in [0, 0.1) is 6.92 Å². The summed E-state index contributed by atoms with van der Waals surface area (Å²) < 4.78 is 28.3. The number of aryl methyl sites for hydroxylation is 2. The number of aromatic nitrogens is 2. The second-order valence-corrected chi connectivity index (χ2v) is 6.55. The molecule has 0 aliphatic carbocycles. The van der Waals surface area contributed by atoms with Crippen LogP contribution in [0.15, 0.2) is 30.5 Å². The van der Waals surface area contributed by atoms with E-state index in [1.807, 2.05) is 6.92 Å². The van der Waals surface area contributed by atoms with Crippen LogP contribution >= 0.6 is 0 Å². The van der Waals surface area contributed by atoms with E-state index in [1.165, 1.54) is 0 Å². The van der Waals surface area contributed by atoms with E-state index in [-0.39, 0.29) is 12.3 Å². The molecule has 0 fully saturated rings. The first-order valence-electron chi connectivity index (χ1n) is 6.16. The van der Waals surface area contributed by atoms with Gasteiger partial charge in [0.05, 0.1) is 11.4 Å². The van der Waals surface area contributed by atoms with Crippen molar-refractivity contribution < 1.29 is 8.42 Å². The van der Waals surface area contributed by atoms with Crippen LogP contribution in [0.5, 0.6) is 0 Å². The van der Waals surface area contributed by atoms with Crippen molar-refractivity contribution in [1.29, 1.82) is 0 Å². The molecule has 6 nitrogen and oxygen atoms in total. The summed E-state index contributed by atoms with van der Waals surface area (Å²) in [6, 6.07) is 6.87. The number of hydrogen-bond donors (Lipinski definition) is 2. The zero-order chi connectivity index (χ0) is 14.8. The second kappa shape index (κ2) is 5.64. The number of sulfonamides is 1. The number of hydrogen-bond acceptors (Lipinski definition) is 4. The topological polar surface area (TPSA) is 90.0 Å². The molecule has 0 atom stereocenters. The molecule has 3 N–H and O–H groups in total. The average molecular weight is 294 g/mol. The maximum atomic E-state index is 12.0. The Morgan fingerprint density at radius 1 is 1.40 bits per heavy atom. The standard InChI is InChI=1S/C13H18N4O2S/c1-10-12(8-17(2)16-10)7-15-20(18,19)9-11-4-3-5-13(14)6-11/h3-6,8,15H,7,9,14H2,1-2H3. The molecule has 0 saturated heterocycles. The van der Waals surface area contributed by atoms with Crippen LogP contribution in [0.4, 0.5) is 5.69 Å². The summed E-state index contributed by atoms with van der Waals surface area (Å²) in [5.74, 6) is -0.0860. The summed E-state index contributed by atoms with van der Waals surface area (Å²) in [7, 11) is -1.60. The lowest BCUT2D eigenvalue weighted by atomic mass is 10.2. The van der Waals surface area contributed by atoms with Crippen LogP contribution in [0.25, 0.3) is 0 Å². The van der Waals surface area contributed by atoms with Gasteiger partial charge in [0.2, 0.25) is 10.0 Å². The highest BCUT2D eigenvalue weighted by Gasteiger charge is 2.13. The number of nitrogens with zero attached hydrogens (tertiary/aromatic N) is 2. The number of benzene rings is 1. The van der Waals surface area contributed by atoms with Crippen molar-refractivity contribution >= 4 is 15.7 Å². The number of nitrogens with two attached hydrogens (primary N) is 1. The molecule has 7 heteroatoms. The molecule has 0 amide bonds. The van der Waals surface area contributed by atoms with E-state index >= 15 is 0 Å². The summed E-state index contributed by atoms with van der Waals surface area (Å²) in [6.45, 7) is 2.09. The van der Waals surface area contributed by atoms with Gasteiger partial charge in [-0.1, -0.05) is 12.1 Å². The minimum Gasteiger partial charge on any atom is -0.399 e. The molecule has 0 aliphatic rings. The normalized spacial score (nSPS) is 11.7. The van der Waals surface area contributed by atoms with Crippen LogP contribution in [0.1, 0.15) is 16.8 Å². The molecular weight excluding hydrogens is 276 g/mol. The van der Waals surface area contributed by atoms with E-state index in [1.54, 1.807) is 42.2 Å². The van der Waals surface area contributed by atoms with Crippen LogP contribution in [-0.4, -0.2) is 18.2 Å². The smallest absolute Gasteiger partial charge is 0.216 e.